The van der Waals surface area contributed by atoms with Crippen LogP contribution in [0.2, 0.25) is 0 Å². The maximum atomic E-state index is 2.95. The summed E-state index contributed by atoms with van der Waals surface area (Å²) in [5.74, 6) is 0. The summed E-state index contributed by atoms with van der Waals surface area (Å²) in [5, 5.41) is 6.41. The van der Waals surface area contributed by atoms with Gasteiger partial charge in [-0.2, -0.15) is 0 Å². The average molecular weight is 535 g/mol. The molecule has 2 heteroatoms. The normalized spacial score (nSPS) is 15.2. The molecule has 3 aromatic carbocycles. The van der Waals surface area contributed by atoms with E-state index in [0.29, 0.717) is 5.16 Å². The molecule has 0 aromatic heterocycles. The highest BCUT2D eigenvalue weighted by atomic mass is 31.1. The number of benzene rings is 3. The molecule has 0 radical (unpaired) electrons. The molecule has 0 heterocycles. The molecule has 2 atom stereocenters. The zero-order chi connectivity index (χ0) is 26.5. The number of unbranched alkanes of at least 4 members (excludes halogenated alkanes) is 3. The monoisotopic (exact) mass is 534 g/mol. The molecule has 0 aliphatic heterocycles. The molecule has 4 rings (SSSR count). The molecule has 0 nitrogen and oxygen atoms in total. The van der Waals surface area contributed by atoms with Crippen molar-refractivity contribution in [1.29, 1.82) is 0 Å². The summed E-state index contributed by atoms with van der Waals surface area (Å²) in [7, 11) is 3.91. The molecule has 0 amide bonds. The van der Waals surface area contributed by atoms with E-state index in [1.807, 2.05) is 0 Å². The van der Waals surface area contributed by atoms with Crippen molar-refractivity contribution in [3.05, 3.63) is 71.3 Å². The van der Waals surface area contributed by atoms with Gasteiger partial charge in [-0.15, -0.1) is 9.24 Å². The molecule has 0 N–H and O–H groups in total. The first-order valence-corrected chi connectivity index (χ1v) is 16.7. The molecular formula is C35H52P2. The van der Waals surface area contributed by atoms with Crippen LogP contribution in [-0.4, -0.2) is 5.16 Å². The molecule has 202 valence electrons. The minimum Gasteiger partial charge on any atom is -0.105 e. The smallest absolute Gasteiger partial charge is 0.0109 e. The van der Waals surface area contributed by atoms with Crippen LogP contribution in [0.4, 0.5) is 0 Å². The van der Waals surface area contributed by atoms with Crippen molar-refractivity contribution in [2.45, 2.75) is 123 Å². The van der Waals surface area contributed by atoms with Crippen molar-refractivity contribution >= 4 is 39.2 Å². The second-order valence-electron chi connectivity index (χ2n) is 11.4. The van der Waals surface area contributed by atoms with Crippen molar-refractivity contribution in [3.8, 4) is 0 Å². The average Bonchev–Trinajstić information content (AvgIpc) is 2.91. The first kappa shape index (κ1) is 30.3. The lowest BCUT2D eigenvalue weighted by Gasteiger charge is -2.34. The van der Waals surface area contributed by atoms with Crippen molar-refractivity contribution in [2.24, 2.45) is 0 Å². The molecule has 0 spiro atoms. The minimum atomic E-state index is 0.558. The van der Waals surface area contributed by atoms with Gasteiger partial charge in [0.15, 0.2) is 0 Å². The summed E-state index contributed by atoms with van der Waals surface area (Å²) < 4.78 is 0. The molecule has 2 unspecified atom stereocenters. The van der Waals surface area contributed by atoms with Crippen LogP contribution in [0, 0.1) is 0 Å². The second-order valence-corrected chi connectivity index (χ2v) is 14.0. The summed E-state index contributed by atoms with van der Waals surface area (Å²) >= 11 is 0. The zero-order valence-electron chi connectivity index (χ0n) is 24.2. The highest BCUT2D eigenvalue weighted by Crippen LogP contribution is 2.44. The van der Waals surface area contributed by atoms with Gasteiger partial charge in [-0.05, 0) is 94.6 Å². The SMILES string of the molecule is CC1(Pc2cccc3ccccc23)CCCCC1.CCCCc1ccc(P)c(CCCC)c1CCCC. The van der Waals surface area contributed by atoms with E-state index >= 15 is 0 Å². The number of rotatable bonds is 11. The second kappa shape index (κ2) is 16.0. The van der Waals surface area contributed by atoms with Crippen LogP contribution in [0.5, 0.6) is 0 Å². The van der Waals surface area contributed by atoms with Crippen LogP contribution in [0.3, 0.4) is 0 Å². The van der Waals surface area contributed by atoms with Crippen molar-refractivity contribution in [2.75, 3.05) is 0 Å². The van der Waals surface area contributed by atoms with E-state index in [4.69, 9.17) is 0 Å². The Morgan fingerprint density at radius 1 is 0.703 bits per heavy atom. The molecule has 1 aliphatic rings. The van der Waals surface area contributed by atoms with E-state index in [2.05, 4.69) is 91.5 Å². The van der Waals surface area contributed by atoms with Gasteiger partial charge in [0.2, 0.25) is 0 Å². The van der Waals surface area contributed by atoms with Crippen LogP contribution in [0.1, 0.15) is 115 Å². The largest absolute Gasteiger partial charge is 0.105 e. The maximum absolute atomic E-state index is 2.95. The lowest BCUT2D eigenvalue weighted by molar-refractivity contribution is 0.419. The van der Waals surface area contributed by atoms with Crippen molar-refractivity contribution in [3.63, 3.8) is 0 Å². The predicted molar refractivity (Wildman–Crippen MR) is 175 cm³/mol. The fourth-order valence-corrected chi connectivity index (χ4v) is 8.00. The fourth-order valence-electron chi connectivity index (χ4n) is 5.79. The Morgan fingerprint density at radius 3 is 2.03 bits per heavy atom. The van der Waals surface area contributed by atoms with Crippen LogP contribution in [0.25, 0.3) is 10.8 Å². The van der Waals surface area contributed by atoms with E-state index in [-0.39, 0.29) is 0 Å². The van der Waals surface area contributed by atoms with Gasteiger partial charge < -0.3 is 0 Å². The standard InChI is InChI=1S/C18H31P.C17H21P/c1-4-7-10-15-13-14-18(19)17(12-9-6-3)16(15)11-8-5-2;1-17(12-5-2-6-13-17)18-16-11-7-9-14-8-3-4-10-15(14)16/h13-14H,4-12,19H2,1-3H3;3-4,7-11,18H,2,5-6,12-13H2,1H3. The number of hydrogen-bond acceptors (Lipinski definition) is 0. The van der Waals surface area contributed by atoms with Crippen molar-refractivity contribution < 1.29 is 0 Å². The molecule has 3 aromatic rings. The highest BCUT2D eigenvalue weighted by molar-refractivity contribution is 7.49. The Morgan fingerprint density at radius 2 is 1.32 bits per heavy atom. The van der Waals surface area contributed by atoms with Gasteiger partial charge in [-0.3, -0.25) is 0 Å². The van der Waals surface area contributed by atoms with Gasteiger partial charge in [0.05, 0.1) is 0 Å². The quantitative estimate of drug-likeness (QED) is 0.215. The lowest BCUT2D eigenvalue weighted by Crippen LogP contribution is -2.24. The Labute approximate surface area is 232 Å². The minimum absolute atomic E-state index is 0.558. The fraction of sp³-hybridized carbons (Fsp3) is 0.543. The van der Waals surface area contributed by atoms with E-state index in [0.717, 1.165) is 8.58 Å². The topological polar surface area (TPSA) is 0 Å². The molecular weight excluding hydrogens is 482 g/mol. The van der Waals surface area contributed by atoms with E-state index in [1.54, 1.807) is 22.0 Å². The molecule has 1 saturated carbocycles. The van der Waals surface area contributed by atoms with Crippen molar-refractivity contribution in [1.82, 2.24) is 0 Å². The van der Waals surface area contributed by atoms with Gasteiger partial charge in [0, 0.05) is 0 Å². The third-order valence-corrected chi connectivity index (χ3v) is 10.5. The Kier molecular flexibility index (Phi) is 13.1. The van der Waals surface area contributed by atoms with Crippen LogP contribution < -0.4 is 10.6 Å². The van der Waals surface area contributed by atoms with Crippen LogP contribution >= 0.6 is 17.8 Å². The Bertz CT molecular complexity index is 1070. The van der Waals surface area contributed by atoms with E-state index in [1.165, 1.54) is 106 Å². The summed E-state index contributed by atoms with van der Waals surface area (Å²) in [4.78, 5) is 0. The van der Waals surface area contributed by atoms with Crippen LogP contribution in [-0.2, 0) is 19.3 Å². The number of fused-ring (bicyclic) bond motifs is 1. The van der Waals surface area contributed by atoms with Gasteiger partial charge in [-0.1, -0.05) is 129 Å². The first-order valence-electron chi connectivity index (χ1n) is 15.2. The molecule has 1 fully saturated rings. The predicted octanol–water partition coefficient (Wildman–Crippen LogP) is 10.1. The number of aryl methyl sites for hydroxylation is 1. The first-order chi connectivity index (χ1) is 18.0. The highest BCUT2D eigenvalue weighted by Gasteiger charge is 2.27. The third-order valence-electron chi connectivity index (χ3n) is 8.11. The van der Waals surface area contributed by atoms with Gasteiger partial charge >= 0.3 is 0 Å². The van der Waals surface area contributed by atoms with Gasteiger partial charge in [0.25, 0.3) is 0 Å². The van der Waals surface area contributed by atoms with E-state index in [9.17, 15) is 0 Å². The van der Waals surface area contributed by atoms with Gasteiger partial charge in [-0.25, -0.2) is 0 Å². The molecule has 37 heavy (non-hydrogen) atoms. The Balaban J connectivity index is 0.000000206. The lowest BCUT2D eigenvalue weighted by atomic mass is 9.90. The van der Waals surface area contributed by atoms with E-state index < -0.39 is 0 Å². The summed E-state index contributed by atoms with van der Waals surface area (Å²) in [6.45, 7) is 9.36. The van der Waals surface area contributed by atoms with Gasteiger partial charge in [0.1, 0.15) is 0 Å². The molecule has 0 saturated heterocycles. The van der Waals surface area contributed by atoms with Crippen LogP contribution in [0.15, 0.2) is 54.6 Å². The summed E-state index contributed by atoms with van der Waals surface area (Å²) in [6.07, 6.45) is 18.7. The summed E-state index contributed by atoms with van der Waals surface area (Å²) in [5.41, 5.74) is 4.93. The maximum Gasteiger partial charge on any atom is -0.0109 e. The number of hydrogen-bond donors (Lipinski definition) is 0. The zero-order valence-corrected chi connectivity index (χ0v) is 26.3. The molecule has 1 aliphatic carbocycles. The third kappa shape index (κ3) is 9.19. The summed E-state index contributed by atoms with van der Waals surface area (Å²) in [6, 6.07) is 20.3. The molecule has 0 bridgehead atoms. The Hall–Kier alpha value is -1.22.